The van der Waals surface area contributed by atoms with Crippen molar-refractivity contribution in [2.45, 2.75) is 26.5 Å². The lowest BCUT2D eigenvalue weighted by atomic mass is 10.1. The maximum absolute atomic E-state index is 12.5. The Kier molecular flexibility index (Phi) is 5.57. The summed E-state index contributed by atoms with van der Waals surface area (Å²) in [6.45, 7) is 3.83. The van der Waals surface area contributed by atoms with Crippen LogP contribution >= 0.6 is 0 Å². The monoisotopic (exact) mass is 367 g/mol. The minimum Gasteiger partial charge on any atom is -0.467 e. The molecule has 3 rings (SSSR count). The van der Waals surface area contributed by atoms with Crippen molar-refractivity contribution in [1.29, 1.82) is 0 Å². The van der Waals surface area contributed by atoms with E-state index in [9.17, 15) is 14.7 Å². The fourth-order valence-electron chi connectivity index (χ4n) is 2.95. The van der Waals surface area contributed by atoms with Crippen molar-refractivity contribution in [3.8, 4) is 0 Å². The summed E-state index contributed by atoms with van der Waals surface area (Å²) < 4.78 is 12.3. The molecule has 1 N–H and O–H groups in total. The maximum atomic E-state index is 12.5. The van der Waals surface area contributed by atoms with Crippen LogP contribution in [0.3, 0.4) is 0 Å². The summed E-state index contributed by atoms with van der Waals surface area (Å²) in [5.74, 6) is -0.380. The van der Waals surface area contributed by atoms with Crippen molar-refractivity contribution >= 4 is 11.8 Å². The van der Waals surface area contributed by atoms with Crippen molar-refractivity contribution in [3.05, 3.63) is 83.1 Å². The summed E-state index contributed by atoms with van der Waals surface area (Å²) in [4.78, 5) is 24.5. The van der Waals surface area contributed by atoms with Crippen LogP contribution in [0.15, 0.2) is 59.2 Å². The lowest BCUT2D eigenvalue weighted by Crippen LogP contribution is -2.20. The minimum absolute atomic E-state index is 0.317. The number of aliphatic hydroxyl groups excluding tert-OH is 1. The predicted molar refractivity (Wildman–Crippen MR) is 98.4 cm³/mol. The van der Waals surface area contributed by atoms with E-state index >= 15 is 0 Å². The fraction of sp³-hybridized carbons (Fsp3) is 0.238. The van der Waals surface area contributed by atoms with E-state index in [1.54, 1.807) is 42.7 Å². The van der Waals surface area contributed by atoms with Gasteiger partial charge in [0.25, 0.3) is 0 Å². The van der Waals surface area contributed by atoms with Crippen LogP contribution in [0.5, 0.6) is 0 Å². The third kappa shape index (κ3) is 4.17. The number of aryl methyl sites for hydroxylation is 1. The zero-order valence-electron chi connectivity index (χ0n) is 15.2. The predicted octanol–water partition coefficient (Wildman–Crippen LogP) is 3.21. The number of aromatic nitrogens is 1. The van der Waals surface area contributed by atoms with Crippen molar-refractivity contribution < 1.29 is 23.8 Å². The second-order valence-electron chi connectivity index (χ2n) is 6.29. The smallest absolute Gasteiger partial charge is 0.340 e. The Morgan fingerprint density at radius 3 is 2.56 bits per heavy atom. The molecule has 1 atom stereocenters. The largest absolute Gasteiger partial charge is 0.467 e. The van der Waals surface area contributed by atoms with Gasteiger partial charge in [-0.3, -0.25) is 4.79 Å². The van der Waals surface area contributed by atoms with E-state index in [1.807, 2.05) is 30.5 Å². The summed E-state index contributed by atoms with van der Waals surface area (Å²) >= 11 is 0. The number of hydrogen-bond acceptors (Lipinski definition) is 5. The van der Waals surface area contributed by atoms with Crippen molar-refractivity contribution in [2.75, 3.05) is 6.61 Å². The van der Waals surface area contributed by atoms with E-state index in [0.29, 0.717) is 17.7 Å². The van der Waals surface area contributed by atoms with Gasteiger partial charge in [-0.25, -0.2) is 4.79 Å². The second-order valence-corrected chi connectivity index (χ2v) is 6.29. The van der Waals surface area contributed by atoms with Gasteiger partial charge >= 0.3 is 5.97 Å². The van der Waals surface area contributed by atoms with Gasteiger partial charge in [-0.2, -0.15) is 0 Å². The summed E-state index contributed by atoms with van der Waals surface area (Å²) in [7, 11) is 0. The van der Waals surface area contributed by atoms with Crippen LogP contribution in [0, 0.1) is 13.8 Å². The summed E-state index contributed by atoms with van der Waals surface area (Å²) in [6, 6.07) is 13.9. The van der Waals surface area contributed by atoms with Crippen molar-refractivity contribution in [2.24, 2.45) is 0 Å². The average molecular weight is 367 g/mol. The number of benzene rings is 1. The Bertz CT molecular complexity index is 925. The Morgan fingerprint density at radius 2 is 1.89 bits per heavy atom. The van der Waals surface area contributed by atoms with Crippen LogP contribution in [0.1, 0.15) is 39.2 Å². The molecule has 3 aromatic rings. The summed E-state index contributed by atoms with van der Waals surface area (Å²) in [6.07, 6.45) is 0.193. The lowest BCUT2D eigenvalue weighted by Gasteiger charge is -2.11. The molecule has 0 aliphatic heterocycles. The highest BCUT2D eigenvalue weighted by Gasteiger charge is 2.22. The first-order valence-corrected chi connectivity index (χ1v) is 8.59. The second kappa shape index (κ2) is 8.05. The van der Waals surface area contributed by atoms with Crippen LogP contribution in [-0.2, 0) is 16.1 Å². The third-order valence-electron chi connectivity index (χ3n) is 4.45. The highest BCUT2D eigenvalue weighted by atomic mass is 16.5. The van der Waals surface area contributed by atoms with Crippen molar-refractivity contribution in [1.82, 2.24) is 4.57 Å². The molecule has 0 radical (unpaired) electrons. The number of nitrogens with zero attached hydrogens (tertiary/aromatic N) is 1. The van der Waals surface area contributed by atoms with Crippen LogP contribution in [0.2, 0.25) is 0 Å². The van der Waals surface area contributed by atoms with E-state index in [1.165, 1.54) is 0 Å². The molecule has 0 spiro atoms. The van der Waals surface area contributed by atoms with E-state index in [2.05, 4.69) is 0 Å². The Labute approximate surface area is 157 Å². The van der Waals surface area contributed by atoms with Gasteiger partial charge in [-0.1, -0.05) is 30.3 Å². The van der Waals surface area contributed by atoms with Crippen LogP contribution in [0.25, 0.3) is 0 Å². The highest BCUT2D eigenvalue weighted by Crippen LogP contribution is 2.19. The van der Waals surface area contributed by atoms with E-state index in [0.717, 1.165) is 17.1 Å². The number of carbonyl (C=O) groups is 2. The molecule has 0 unspecified atom stereocenters. The molecule has 0 saturated heterocycles. The minimum atomic E-state index is -1.41. The molecule has 6 nitrogen and oxygen atoms in total. The molecular formula is C21H21NO5. The number of carbonyl (C=O) groups excluding carboxylic acids is 2. The molecule has 0 aliphatic carbocycles. The number of ketones is 1. The number of Topliss-reactive ketones (excluding diaryl/α,β-unsaturated/α-hetero) is 1. The summed E-state index contributed by atoms with van der Waals surface area (Å²) in [5.41, 5.74) is 2.59. The Hall–Kier alpha value is -3.12. The zero-order valence-corrected chi connectivity index (χ0v) is 15.2. The van der Waals surface area contributed by atoms with Gasteiger partial charge in [0.2, 0.25) is 5.78 Å². The van der Waals surface area contributed by atoms with Gasteiger partial charge in [0.1, 0.15) is 5.76 Å². The Balaban J connectivity index is 1.65. The van der Waals surface area contributed by atoms with Gasteiger partial charge in [-0.05, 0) is 37.6 Å². The normalized spacial score (nSPS) is 12.0. The molecule has 0 saturated carbocycles. The number of rotatable bonds is 7. The topological polar surface area (TPSA) is 81.7 Å². The maximum Gasteiger partial charge on any atom is 0.340 e. The molecule has 2 aromatic heterocycles. The molecule has 27 heavy (non-hydrogen) atoms. The van der Waals surface area contributed by atoms with E-state index in [4.69, 9.17) is 9.15 Å². The number of esters is 1. The molecule has 1 aromatic carbocycles. The quantitative estimate of drug-likeness (QED) is 0.512. The molecule has 0 fully saturated rings. The van der Waals surface area contributed by atoms with Gasteiger partial charge in [0.15, 0.2) is 12.7 Å². The molecule has 6 heteroatoms. The first-order valence-electron chi connectivity index (χ1n) is 8.59. The zero-order chi connectivity index (χ0) is 19.4. The molecular weight excluding hydrogens is 346 g/mol. The SMILES string of the molecule is Cc1cc(C(=O)COC(=O)[C@H](O)c2ccccc2)c(C)n1Cc1ccco1. The van der Waals surface area contributed by atoms with Crippen molar-refractivity contribution in [3.63, 3.8) is 0 Å². The van der Waals surface area contributed by atoms with Gasteiger partial charge in [0, 0.05) is 17.0 Å². The molecule has 0 amide bonds. The number of furan rings is 1. The summed E-state index contributed by atoms with van der Waals surface area (Å²) in [5, 5.41) is 10.0. The number of ether oxygens (including phenoxy) is 1. The van der Waals surface area contributed by atoms with Crippen LogP contribution in [-0.4, -0.2) is 28.0 Å². The van der Waals surface area contributed by atoms with E-state index in [-0.39, 0.29) is 5.78 Å². The highest BCUT2D eigenvalue weighted by molar-refractivity contribution is 5.99. The van der Waals surface area contributed by atoms with Crippen LogP contribution in [0.4, 0.5) is 0 Å². The van der Waals surface area contributed by atoms with Gasteiger partial charge in [0.05, 0.1) is 12.8 Å². The van der Waals surface area contributed by atoms with Gasteiger partial charge < -0.3 is 18.8 Å². The first-order chi connectivity index (χ1) is 13.0. The average Bonchev–Trinajstić information content (AvgIpc) is 3.29. The van der Waals surface area contributed by atoms with E-state index < -0.39 is 18.7 Å². The molecule has 0 aliphatic rings. The number of hydrogen-bond donors (Lipinski definition) is 1. The Morgan fingerprint density at radius 1 is 1.15 bits per heavy atom. The standard InChI is InChI=1S/C21H21NO5/c1-14-11-18(15(2)22(14)12-17-9-6-10-26-17)19(23)13-27-21(25)20(24)16-7-4-3-5-8-16/h3-11,20,24H,12-13H2,1-2H3/t20-/m1/s1. The molecule has 2 heterocycles. The first kappa shape index (κ1) is 18.7. The van der Waals surface area contributed by atoms with Crippen LogP contribution < -0.4 is 0 Å². The molecule has 0 bridgehead atoms. The third-order valence-corrected chi connectivity index (χ3v) is 4.45. The van der Waals surface area contributed by atoms with Gasteiger partial charge in [-0.15, -0.1) is 0 Å². The lowest BCUT2D eigenvalue weighted by molar-refractivity contribution is -0.152. The molecule has 140 valence electrons. The number of aliphatic hydroxyl groups is 1. The fourth-order valence-corrected chi connectivity index (χ4v) is 2.95.